The summed E-state index contributed by atoms with van der Waals surface area (Å²) >= 11 is 0. The van der Waals surface area contributed by atoms with Gasteiger partial charge in [0.05, 0.1) is 4.90 Å². The molecule has 1 saturated carbocycles. The molecule has 2 rings (SSSR count). The molecule has 1 aliphatic rings. The van der Waals surface area contributed by atoms with Gasteiger partial charge in [0.15, 0.2) is 0 Å². The highest BCUT2D eigenvalue weighted by molar-refractivity contribution is 7.89. The standard InChI is InChI=1S/C15H22N2O2S/c1-4-9-17(3)20(18,19)15-10-13(6-5-12(15)2)11-16-14-7-8-14/h4-6,10,14,16H,1,7-9,11H2,2-3H3. The Balaban J connectivity index is 2.24. The molecule has 1 aromatic carbocycles. The van der Waals surface area contributed by atoms with Gasteiger partial charge in [-0.1, -0.05) is 18.2 Å². The van der Waals surface area contributed by atoms with Crippen molar-refractivity contribution in [1.29, 1.82) is 0 Å². The fourth-order valence-electron chi connectivity index (χ4n) is 2.03. The zero-order chi connectivity index (χ0) is 14.8. The zero-order valence-corrected chi connectivity index (χ0v) is 12.9. The molecule has 0 bridgehead atoms. The predicted molar refractivity (Wildman–Crippen MR) is 81.1 cm³/mol. The molecule has 0 radical (unpaired) electrons. The van der Waals surface area contributed by atoms with Crippen LogP contribution < -0.4 is 5.32 Å². The third-order valence-corrected chi connectivity index (χ3v) is 5.46. The molecule has 0 spiro atoms. The van der Waals surface area contributed by atoms with Crippen molar-refractivity contribution in [2.45, 2.75) is 37.2 Å². The molecule has 20 heavy (non-hydrogen) atoms. The van der Waals surface area contributed by atoms with Crippen LogP contribution in [-0.4, -0.2) is 32.4 Å². The SMILES string of the molecule is C=CCN(C)S(=O)(=O)c1cc(CNC2CC2)ccc1C. The Morgan fingerprint density at radius 3 is 2.75 bits per heavy atom. The summed E-state index contributed by atoms with van der Waals surface area (Å²) in [7, 11) is -1.87. The Labute approximate surface area is 121 Å². The van der Waals surface area contributed by atoms with E-state index in [1.54, 1.807) is 19.2 Å². The van der Waals surface area contributed by atoms with E-state index < -0.39 is 10.0 Å². The second kappa shape index (κ2) is 6.08. The molecule has 0 unspecified atom stereocenters. The first-order valence-corrected chi connectivity index (χ1v) is 8.29. The van der Waals surface area contributed by atoms with Crippen molar-refractivity contribution >= 4 is 10.0 Å². The first kappa shape index (κ1) is 15.2. The van der Waals surface area contributed by atoms with Gasteiger partial charge in [-0.25, -0.2) is 8.42 Å². The van der Waals surface area contributed by atoms with Crippen molar-refractivity contribution in [2.75, 3.05) is 13.6 Å². The number of sulfonamides is 1. The molecular weight excluding hydrogens is 272 g/mol. The smallest absolute Gasteiger partial charge is 0.243 e. The molecule has 0 heterocycles. The van der Waals surface area contributed by atoms with E-state index in [0.717, 1.165) is 17.7 Å². The monoisotopic (exact) mass is 294 g/mol. The number of likely N-dealkylation sites (N-methyl/N-ethyl adjacent to an activating group) is 1. The van der Waals surface area contributed by atoms with Crippen LogP contribution >= 0.6 is 0 Å². The quantitative estimate of drug-likeness (QED) is 0.783. The maximum absolute atomic E-state index is 12.5. The van der Waals surface area contributed by atoms with Crippen LogP contribution in [0.5, 0.6) is 0 Å². The first-order chi connectivity index (χ1) is 9.45. The Morgan fingerprint density at radius 2 is 2.15 bits per heavy atom. The number of hydrogen-bond donors (Lipinski definition) is 1. The van der Waals surface area contributed by atoms with Crippen molar-refractivity contribution in [3.05, 3.63) is 42.0 Å². The van der Waals surface area contributed by atoms with Gasteiger partial charge in [-0.15, -0.1) is 6.58 Å². The fourth-order valence-corrected chi connectivity index (χ4v) is 3.44. The average Bonchev–Trinajstić information content (AvgIpc) is 3.22. The summed E-state index contributed by atoms with van der Waals surface area (Å²) in [5.41, 5.74) is 1.78. The Morgan fingerprint density at radius 1 is 1.45 bits per heavy atom. The molecule has 0 aliphatic heterocycles. The lowest BCUT2D eigenvalue weighted by atomic mass is 10.1. The van der Waals surface area contributed by atoms with Gasteiger partial charge in [-0.05, 0) is 37.0 Å². The van der Waals surface area contributed by atoms with Crippen LogP contribution in [0.15, 0.2) is 35.7 Å². The molecule has 1 N–H and O–H groups in total. The highest BCUT2D eigenvalue weighted by Crippen LogP contribution is 2.22. The molecule has 0 saturated heterocycles. The predicted octanol–water partition coefficient (Wildman–Crippen LogP) is 2.05. The number of rotatable bonds is 7. The van der Waals surface area contributed by atoms with E-state index in [9.17, 15) is 8.42 Å². The van der Waals surface area contributed by atoms with Gasteiger partial charge in [-0.3, -0.25) is 0 Å². The third-order valence-electron chi connectivity index (χ3n) is 3.50. The summed E-state index contributed by atoms with van der Waals surface area (Å²) in [5, 5.41) is 3.40. The second-order valence-corrected chi connectivity index (χ2v) is 7.34. The Kier molecular flexibility index (Phi) is 4.62. The number of benzene rings is 1. The largest absolute Gasteiger partial charge is 0.310 e. The first-order valence-electron chi connectivity index (χ1n) is 6.85. The van der Waals surface area contributed by atoms with E-state index in [1.807, 2.05) is 19.1 Å². The van der Waals surface area contributed by atoms with Crippen LogP contribution in [0.3, 0.4) is 0 Å². The van der Waals surface area contributed by atoms with Gasteiger partial charge in [0.1, 0.15) is 0 Å². The number of nitrogens with one attached hydrogen (secondary N) is 1. The van der Waals surface area contributed by atoms with E-state index in [0.29, 0.717) is 17.5 Å². The summed E-state index contributed by atoms with van der Waals surface area (Å²) in [4.78, 5) is 0.386. The molecule has 5 heteroatoms. The minimum absolute atomic E-state index is 0.312. The van der Waals surface area contributed by atoms with Gasteiger partial charge in [0, 0.05) is 26.2 Å². The lowest BCUT2D eigenvalue weighted by Gasteiger charge is -2.17. The van der Waals surface area contributed by atoms with Gasteiger partial charge in [-0.2, -0.15) is 4.31 Å². The van der Waals surface area contributed by atoms with E-state index >= 15 is 0 Å². The van der Waals surface area contributed by atoms with E-state index in [2.05, 4.69) is 11.9 Å². The van der Waals surface area contributed by atoms with Crippen molar-refractivity contribution in [3.63, 3.8) is 0 Å². The van der Waals surface area contributed by atoms with Crippen molar-refractivity contribution in [1.82, 2.24) is 9.62 Å². The van der Waals surface area contributed by atoms with Crippen molar-refractivity contribution < 1.29 is 8.42 Å². The summed E-state index contributed by atoms with van der Waals surface area (Å²) in [6.07, 6.45) is 4.03. The molecule has 0 amide bonds. The summed E-state index contributed by atoms with van der Waals surface area (Å²) in [6.45, 7) is 6.45. The average molecular weight is 294 g/mol. The maximum Gasteiger partial charge on any atom is 0.243 e. The summed E-state index contributed by atoms with van der Waals surface area (Å²) in [5.74, 6) is 0. The second-order valence-electron chi connectivity index (χ2n) is 5.33. The number of aryl methyl sites for hydroxylation is 1. The van der Waals surface area contributed by atoms with Crippen LogP contribution in [0.2, 0.25) is 0 Å². The maximum atomic E-state index is 12.5. The summed E-state index contributed by atoms with van der Waals surface area (Å²) in [6, 6.07) is 6.25. The van der Waals surface area contributed by atoms with Gasteiger partial charge >= 0.3 is 0 Å². The minimum Gasteiger partial charge on any atom is -0.310 e. The van der Waals surface area contributed by atoms with E-state index in [-0.39, 0.29) is 0 Å². The molecule has 4 nitrogen and oxygen atoms in total. The topological polar surface area (TPSA) is 49.4 Å². The van der Waals surface area contributed by atoms with Crippen LogP contribution in [-0.2, 0) is 16.6 Å². The van der Waals surface area contributed by atoms with Crippen molar-refractivity contribution in [3.8, 4) is 0 Å². The molecule has 110 valence electrons. The van der Waals surface area contributed by atoms with Crippen molar-refractivity contribution in [2.24, 2.45) is 0 Å². The third kappa shape index (κ3) is 3.48. The normalized spacial score (nSPS) is 15.6. The highest BCUT2D eigenvalue weighted by Gasteiger charge is 2.23. The molecule has 0 aromatic heterocycles. The fraction of sp³-hybridized carbons (Fsp3) is 0.467. The van der Waals surface area contributed by atoms with Gasteiger partial charge < -0.3 is 5.32 Å². The van der Waals surface area contributed by atoms with Gasteiger partial charge in [0.2, 0.25) is 10.0 Å². The van der Waals surface area contributed by atoms with Gasteiger partial charge in [0.25, 0.3) is 0 Å². The minimum atomic E-state index is -3.44. The van der Waals surface area contributed by atoms with Crippen LogP contribution in [0.25, 0.3) is 0 Å². The van der Waals surface area contributed by atoms with Crippen LogP contribution in [0.1, 0.15) is 24.0 Å². The van der Waals surface area contributed by atoms with Crippen LogP contribution in [0.4, 0.5) is 0 Å². The molecular formula is C15H22N2O2S. The number of nitrogens with zero attached hydrogens (tertiary/aromatic N) is 1. The van der Waals surface area contributed by atoms with E-state index in [4.69, 9.17) is 0 Å². The Bertz CT molecular complexity index is 592. The molecule has 0 atom stereocenters. The number of hydrogen-bond acceptors (Lipinski definition) is 3. The van der Waals surface area contributed by atoms with E-state index in [1.165, 1.54) is 17.1 Å². The zero-order valence-electron chi connectivity index (χ0n) is 12.1. The molecule has 1 fully saturated rings. The lowest BCUT2D eigenvalue weighted by Crippen LogP contribution is -2.27. The van der Waals surface area contributed by atoms with Crippen LogP contribution in [0, 0.1) is 6.92 Å². The molecule has 1 aliphatic carbocycles. The molecule has 1 aromatic rings. The highest BCUT2D eigenvalue weighted by atomic mass is 32.2. The Hall–Kier alpha value is -1.17. The summed E-state index contributed by atoms with van der Waals surface area (Å²) < 4.78 is 26.3. The lowest BCUT2D eigenvalue weighted by molar-refractivity contribution is 0.498.